The van der Waals surface area contributed by atoms with Gasteiger partial charge in [0.05, 0.1) is 27.7 Å². The number of carbonyl (C=O) groups excluding carboxylic acids is 1. The van der Waals surface area contributed by atoms with E-state index in [1.807, 2.05) is 36.4 Å². The van der Waals surface area contributed by atoms with E-state index in [1.54, 1.807) is 6.07 Å². The number of aromatic carboxylic acids is 2. The average molecular weight is 848 g/mol. The smallest absolute Gasteiger partial charge is 0.478 e. The lowest BCUT2D eigenvalue weighted by Gasteiger charge is -2.24. The maximum absolute atomic E-state index is 13.8. The van der Waals surface area contributed by atoms with Crippen molar-refractivity contribution in [2.45, 2.75) is 45.1 Å². The van der Waals surface area contributed by atoms with Gasteiger partial charge in [0.2, 0.25) is 15.4 Å². The highest BCUT2D eigenvalue weighted by atomic mass is 32.2. The van der Waals surface area contributed by atoms with Crippen LogP contribution in [0.4, 0.5) is 11.4 Å². The molecule has 314 valence electrons. The molecule has 1 amide bonds. The van der Waals surface area contributed by atoms with Crippen LogP contribution in [0, 0.1) is 0 Å². The number of hydrogen-bond acceptors (Lipinski definition) is 10. The Morgan fingerprint density at radius 2 is 1.44 bits per heavy atom. The molecule has 4 N–H and O–H groups in total. The minimum atomic E-state index is -4.20. The van der Waals surface area contributed by atoms with E-state index in [0.717, 1.165) is 55.4 Å². The zero-order chi connectivity index (χ0) is 43.1. The summed E-state index contributed by atoms with van der Waals surface area (Å²) in [6.45, 7) is 11.3. The molecule has 1 aliphatic carbocycles. The summed E-state index contributed by atoms with van der Waals surface area (Å²) in [4.78, 5) is 40.8. The first-order chi connectivity index (χ1) is 28.2. The molecule has 15 nitrogen and oxygen atoms in total. The first-order valence-electron chi connectivity index (χ1n) is 19.2. The third kappa shape index (κ3) is 9.56. The van der Waals surface area contributed by atoms with Gasteiger partial charge >= 0.3 is 20.7 Å². The summed E-state index contributed by atoms with van der Waals surface area (Å²) in [5.74, 6) is -3.13. The molecular weight excluding hydrogens is 797 g/mol. The molecule has 5 rings (SSSR count). The fourth-order valence-corrected chi connectivity index (χ4v) is 9.98. The monoisotopic (exact) mass is 847 g/mol. The Labute approximate surface area is 344 Å². The normalized spacial score (nSPS) is 11.8. The van der Waals surface area contributed by atoms with Crippen LogP contribution >= 0.6 is 0 Å². The number of anilines is 2. The molecule has 59 heavy (non-hydrogen) atoms. The standard InChI is InChI=1S/C42H50N4O11SSi/c1-8-45(9-2)28-14-18-33-37(24-28)57-38-25-29(46(10-3)11-4)15-19-34(38)39(33)31-17-13-27(23-36(31)42(50)51)44-40(47)35-26-30(16-20-32(35)41(48)49)58(52,53)43-21-12-22-59(54-5,55-6)56-7/h13-20,23-26,43H,8-12,21-22H2,1-7H3,(H2,48,49,50,51)/p+1. The van der Waals surface area contributed by atoms with Crippen LogP contribution in [0.3, 0.4) is 0 Å². The number of nitrogens with zero attached hydrogens (tertiary/aromatic N) is 2. The van der Waals surface area contributed by atoms with E-state index in [4.69, 9.17) is 17.7 Å². The molecular formula is C42H51N4O11SSi+. The highest BCUT2D eigenvalue weighted by Crippen LogP contribution is 2.42. The number of fused-ring (bicyclic) bond motifs is 2. The van der Waals surface area contributed by atoms with Crippen molar-refractivity contribution in [2.75, 3.05) is 64.3 Å². The predicted molar refractivity (Wildman–Crippen MR) is 228 cm³/mol. The van der Waals surface area contributed by atoms with Gasteiger partial charge in [0, 0.05) is 87.0 Å². The molecule has 0 fully saturated rings. The number of rotatable bonds is 19. The lowest BCUT2D eigenvalue weighted by atomic mass is 9.90. The molecule has 0 aromatic heterocycles. The summed E-state index contributed by atoms with van der Waals surface area (Å²) >= 11 is 0. The maximum Gasteiger partial charge on any atom is 0.500 e. The van der Waals surface area contributed by atoms with Gasteiger partial charge in [0.25, 0.3) is 5.91 Å². The van der Waals surface area contributed by atoms with Gasteiger partial charge in [-0.2, -0.15) is 0 Å². The number of sulfonamides is 1. The number of nitrogens with one attached hydrogen (secondary N) is 2. The molecule has 1 heterocycles. The molecule has 0 radical (unpaired) electrons. The Bertz CT molecular complexity index is 2500. The van der Waals surface area contributed by atoms with Crippen LogP contribution < -0.4 is 24.9 Å². The van der Waals surface area contributed by atoms with Crippen LogP contribution in [0.25, 0.3) is 33.4 Å². The first kappa shape index (κ1) is 44.7. The van der Waals surface area contributed by atoms with E-state index in [0.29, 0.717) is 45.9 Å². The minimum absolute atomic E-state index is 0.0199. The van der Waals surface area contributed by atoms with Crippen molar-refractivity contribution in [3.63, 3.8) is 0 Å². The quantitative estimate of drug-likeness (QED) is 0.0325. The van der Waals surface area contributed by atoms with Crippen molar-refractivity contribution in [1.29, 1.82) is 0 Å². The van der Waals surface area contributed by atoms with Crippen LogP contribution in [0.15, 0.2) is 82.1 Å². The summed E-state index contributed by atoms with van der Waals surface area (Å²) in [6.07, 6.45) is 0.307. The zero-order valence-electron chi connectivity index (χ0n) is 34.2. The molecule has 3 aromatic carbocycles. The van der Waals surface area contributed by atoms with Crippen molar-refractivity contribution in [1.82, 2.24) is 9.30 Å². The van der Waals surface area contributed by atoms with E-state index in [1.165, 1.54) is 33.5 Å². The molecule has 0 bridgehead atoms. The molecule has 2 aliphatic rings. The minimum Gasteiger partial charge on any atom is -0.478 e. The SMILES string of the molecule is CCN(CC)c1ccc2c(-c3ccc(NC(=O)c4cc(S(=O)(=O)NCCC[Si](OC)(OC)OC)ccc4C(=O)O)cc3C(=O)O)c3ccc(=[N+](CC)CC)cc-3oc2c1. The summed E-state index contributed by atoms with van der Waals surface area (Å²) in [5, 5.41) is 24.8. The Balaban J connectivity index is 1.55. The molecule has 0 saturated heterocycles. The van der Waals surface area contributed by atoms with E-state index >= 15 is 0 Å². The topological polar surface area (TPSA) is 197 Å². The van der Waals surface area contributed by atoms with Gasteiger partial charge in [-0.15, -0.1) is 0 Å². The lowest BCUT2D eigenvalue weighted by Crippen LogP contribution is -2.43. The number of carboxylic acids is 2. The molecule has 17 heteroatoms. The highest BCUT2D eigenvalue weighted by molar-refractivity contribution is 7.89. The summed E-state index contributed by atoms with van der Waals surface area (Å²) in [7, 11) is -2.80. The summed E-state index contributed by atoms with van der Waals surface area (Å²) in [6, 6.07) is 19.5. The third-order valence-corrected chi connectivity index (χ3v) is 14.7. The second kappa shape index (κ2) is 19.1. The number of hydrogen-bond donors (Lipinski definition) is 4. The van der Waals surface area contributed by atoms with Crippen LogP contribution in [0.2, 0.25) is 6.04 Å². The largest absolute Gasteiger partial charge is 0.500 e. The number of carbonyl (C=O) groups is 3. The van der Waals surface area contributed by atoms with E-state index < -0.39 is 47.8 Å². The highest BCUT2D eigenvalue weighted by Gasteiger charge is 2.37. The fourth-order valence-electron chi connectivity index (χ4n) is 7.16. The van der Waals surface area contributed by atoms with Gasteiger partial charge in [-0.25, -0.2) is 27.3 Å². The van der Waals surface area contributed by atoms with Gasteiger partial charge in [-0.05, 0) is 88.2 Å². The Kier molecular flexibility index (Phi) is 14.5. The van der Waals surface area contributed by atoms with Crippen molar-refractivity contribution in [2.24, 2.45) is 0 Å². The molecule has 1 aliphatic heterocycles. The van der Waals surface area contributed by atoms with Crippen LogP contribution in [-0.2, 0) is 23.3 Å². The van der Waals surface area contributed by atoms with Gasteiger partial charge in [0.1, 0.15) is 24.4 Å². The van der Waals surface area contributed by atoms with Gasteiger partial charge in [-0.1, -0.05) is 6.07 Å². The first-order valence-corrected chi connectivity index (χ1v) is 22.7. The predicted octanol–water partition coefficient (Wildman–Crippen LogP) is 6.06. The van der Waals surface area contributed by atoms with Gasteiger partial charge < -0.3 is 38.1 Å². The van der Waals surface area contributed by atoms with Crippen molar-refractivity contribution in [3.05, 3.63) is 94.8 Å². The Morgan fingerprint density at radius 3 is 2.05 bits per heavy atom. The van der Waals surface area contributed by atoms with Crippen LogP contribution in [-0.4, -0.2) is 99.3 Å². The summed E-state index contributed by atoms with van der Waals surface area (Å²) in [5.41, 5.74) is 2.17. The second-order valence-corrected chi connectivity index (χ2v) is 18.4. The lowest BCUT2D eigenvalue weighted by molar-refractivity contribution is 0.0685. The molecule has 0 unspecified atom stereocenters. The van der Waals surface area contributed by atoms with Crippen molar-refractivity contribution in [3.8, 4) is 22.5 Å². The average Bonchev–Trinajstić information content (AvgIpc) is 3.23. The van der Waals surface area contributed by atoms with Gasteiger partial charge in [-0.3, -0.25) is 4.79 Å². The second-order valence-electron chi connectivity index (χ2n) is 13.5. The number of benzene rings is 4. The van der Waals surface area contributed by atoms with E-state index in [9.17, 15) is 33.0 Å². The number of amides is 1. The van der Waals surface area contributed by atoms with Crippen molar-refractivity contribution < 1.29 is 50.7 Å². The maximum atomic E-state index is 13.8. The molecule has 0 spiro atoms. The van der Waals surface area contributed by atoms with Gasteiger partial charge in [0.15, 0.2) is 0 Å². The molecule has 0 atom stereocenters. The van der Waals surface area contributed by atoms with Crippen molar-refractivity contribution >= 4 is 59.0 Å². The summed E-state index contributed by atoms with van der Waals surface area (Å²) < 4.78 is 53.9. The Morgan fingerprint density at radius 1 is 0.780 bits per heavy atom. The van der Waals surface area contributed by atoms with Crippen LogP contribution in [0.5, 0.6) is 0 Å². The Hall–Kier alpha value is -5.43. The van der Waals surface area contributed by atoms with E-state index in [2.05, 4.69) is 47.2 Å². The molecule has 3 aromatic rings. The fraction of sp³-hybridized carbons (Fsp3) is 0.333. The van der Waals surface area contributed by atoms with Crippen LogP contribution in [0.1, 0.15) is 65.2 Å². The third-order valence-electron chi connectivity index (χ3n) is 10.4. The zero-order valence-corrected chi connectivity index (χ0v) is 36.1. The number of carboxylic acid groups (broad SMARTS) is 2. The molecule has 0 saturated carbocycles. The van der Waals surface area contributed by atoms with E-state index in [-0.39, 0.29) is 22.7 Å².